The smallest absolute Gasteiger partial charge is 0.227 e. The second-order valence-electron chi connectivity index (χ2n) is 8.03. The van der Waals surface area contributed by atoms with Gasteiger partial charge in [-0.15, -0.1) is 5.10 Å². The highest BCUT2D eigenvalue weighted by Gasteiger charge is 2.34. The van der Waals surface area contributed by atoms with Gasteiger partial charge >= 0.3 is 0 Å². The van der Waals surface area contributed by atoms with Gasteiger partial charge in [0.2, 0.25) is 11.1 Å². The van der Waals surface area contributed by atoms with E-state index >= 15 is 0 Å². The number of hydrogen-bond donors (Lipinski definition) is 1. The maximum Gasteiger partial charge on any atom is 0.227 e. The highest BCUT2D eigenvalue weighted by molar-refractivity contribution is 9.10. The molecule has 1 unspecified atom stereocenters. The van der Waals surface area contributed by atoms with Gasteiger partial charge in [-0.25, -0.2) is 4.68 Å². The highest BCUT2D eigenvalue weighted by Crippen LogP contribution is 2.41. The number of allylic oxidation sites excluding steroid dienone is 2. The molecule has 1 aliphatic heterocycles. The molecule has 2 aromatic carbocycles. The van der Waals surface area contributed by atoms with E-state index in [1.165, 1.54) is 5.56 Å². The number of anilines is 1. The molecule has 0 saturated carbocycles. The molecule has 1 aliphatic rings. The number of benzene rings is 2. The summed E-state index contributed by atoms with van der Waals surface area (Å²) in [7, 11) is 0. The highest BCUT2D eigenvalue weighted by atomic mass is 79.9. The average Bonchev–Trinajstić information content (AvgIpc) is 3.19. The van der Waals surface area contributed by atoms with Crippen LogP contribution in [0.2, 0.25) is 0 Å². The van der Waals surface area contributed by atoms with E-state index in [0.717, 1.165) is 33.5 Å². The fraction of sp³-hybridized carbons (Fsp3) is 0.320. The molecule has 33 heavy (non-hydrogen) atoms. The summed E-state index contributed by atoms with van der Waals surface area (Å²) in [5.74, 6) is 2.26. The maximum absolute atomic E-state index is 12.8. The van der Waals surface area contributed by atoms with Crippen molar-refractivity contribution in [2.24, 2.45) is 0 Å². The lowest BCUT2D eigenvalue weighted by Crippen LogP contribution is -2.28. The number of carbonyl (C=O) groups excluding carboxylic acids is 1. The first-order valence-electron chi connectivity index (χ1n) is 10.9. The van der Waals surface area contributed by atoms with E-state index in [1.54, 1.807) is 18.7 Å². The van der Waals surface area contributed by atoms with Crippen molar-refractivity contribution >= 4 is 39.4 Å². The number of ketones is 1. The minimum Gasteiger partial charge on any atom is -0.489 e. The first-order valence-corrected chi connectivity index (χ1v) is 12.7. The van der Waals surface area contributed by atoms with Crippen LogP contribution in [0.25, 0.3) is 0 Å². The lowest BCUT2D eigenvalue weighted by molar-refractivity contribution is -0.114. The Hall–Kier alpha value is -2.58. The van der Waals surface area contributed by atoms with Crippen LogP contribution in [0.1, 0.15) is 49.9 Å². The lowest BCUT2D eigenvalue weighted by atomic mass is 9.92. The van der Waals surface area contributed by atoms with Crippen molar-refractivity contribution in [3.63, 3.8) is 0 Å². The monoisotopic (exact) mass is 526 g/mol. The SMILES string of the molecule is CCCSc1nc2n(n1)C(c1cc(Br)ccc1OCc1ccccc1C)C(C(C)=O)=C(C)N2. The van der Waals surface area contributed by atoms with Crippen molar-refractivity contribution < 1.29 is 9.53 Å². The summed E-state index contributed by atoms with van der Waals surface area (Å²) in [6.45, 7) is 8.14. The van der Waals surface area contributed by atoms with E-state index in [-0.39, 0.29) is 5.78 Å². The number of hydrogen-bond acceptors (Lipinski definition) is 6. The topological polar surface area (TPSA) is 69.0 Å². The number of ether oxygens (including phenoxy) is 1. The van der Waals surface area contributed by atoms with Gasteiger partial charge in [0.25, 0.3) is 0 Å². The number of nitrogens with one attached hydrogen (secondary N) is 1. The standard InChI is InChI=1S/C25H27BrN4O2S/c1-5-12-33-25-28-24-27-16(3)22(17(4)31)23(30(24)29-25)20-13-19(26)10-11-21(20)32-14-18-9-7-6-8-15(18)2/h6-11,13,23H,5,12,14H2,1-4H3,(H,27,28,29). The number of fused-ring (bicyclic) bond motifs is 1. The molecule has 0 amide bonds. The summed E-state index contributed by atoms with van der Waals surface area (Å²) in [4.78, 5) is 17.5. The van der Waals surface area contributed by atoms with E-state index in [1.807, 2.05) is 41.9 Å². The third-order valence-corrected chi connectivity index (χ3v) is 7.10. The quantitative estimate of drug-likeness (QED) is 0.347. The van der Waals surface area contributed by atoms with Crippen LogP contribution in [0.4, 0.5) is 5.95 Å². The predicted octanol–water partition coefficient (Wildman–Crippen LogP) is 6.31. The fourth-order valence-corrected chi connectivity index (χ4v) is 4.98. The molecule has 3 aromatic rings. The van der Waals surface area contributed by atoms with E-state index in [4.69, 9.17) is 9.84 Å². The van der Waals surface area contributed by atoms with E-state index < -0.39 is 6.04 Å². The molecule has 0 radical (unpaired) electrons. The second-order valence-corrected chi connectivity index (χ2v) is 10.0. The minimum absolute atomic E-state index is 0.0151. The summed E-state index contributed by atoms with van der Waals surface area (Å²) in [6, 6.07) is 13.6. The number of thioether (sulfide) groups is 1. The Morgan fingerprint density at radius 3 is 2.76 bits per heavy atom. The molecule has 172 valence electrons. The Kier molecular flexibility index (Phi) is 7.24. The van der Waals surface area contributed by atoms with Gasteiger partial charge in [0.15, 0.2) is 5.78 Å². The molecule has 4 rings (SSSR count). The van der Waals surface area contributed by atoms with Crippen LogP contribution >= 0.6 is 27.7 Å². The van der Waals surface area contributed by atoms with Crippen LogP contribution in [-0.2, 0) is 11.4 Å². The lowest BCUT2D eigenvalue weighted by Gasteiger charge is -2.29. The first-order chi connectivity index (χ1) is 15.9. The molecular weight excluding hydrogens is 500 g/mol. The van der Waals surface area contributed by atoms with Crippen LogP contribution in [0, 0.1) is 6.92 Å². The van der Waals surface area contributed by atoms with Crippen LogP contribution in [0.15, 0.2) is 63.4 Å². The number of nitrogens with zero attached hydrogens (tertiary/aromatic N) is 3. The molecule has 0 saturated heterocycles. The molecule has 1 aromatic heterocycles. The van der Waals surface area contributed by atoms with Crippen molar-refractivity contribution in [1.29, 1.82) is 0 Å². The average molecular weight is 527 g/mol. The Bertz CT molecular complexity index is 1220. The number of Topliss-reactive ketones (excluding diaryl/α,β-unsaturated/α-hetero) is 1. The third kappa shape index (κ3) is 5.01. The Balaban J connectivity index is 1.79. The predicted molar refractivity (Wildman–Crippen MR) is 136 cm³/mol. The molecule has 2 heterocycles. The largest absolute Gasteiger partial charge is 0.489 e. The van der Waals surface area contributed by atoms with Gasteiger partial charge in [-0.05, 0) is 56.5 Å². The molecule has 6 nitrogen and oxygen atoms in total. The van der Waals surface area contributed by atoms with Gasteiger partial charge in [-0.2, -0.15) is 4.98 Å². The Morgan fingerprint density at radius 2 is 2.03 bits per heavy atom. The van der Waals surface area contributed by atoms with E-state index in [2.05, 4.69) is 52.2 Å². The maximum atomic E-state index is 12.8. The Morgan fingerprint density at radius 1 is 1.24 bits per heavy atom. The molecule has 0 fully saturated rings. The summed E-state index contributed by atoms with van der Waals surface area (Å²) >= 11 is 5.21. The zero-order chi connectivity index (χ0) is 23.5. The summed E-state index contributed by atoms with van der Waals surface area (Å²) in [5.41, 5.74) is 4.59. The van der Waals surface area contributed by atoms with Crippen LogP contribution in [-0.4, -0.2) is 26.3 Å². The minimum atomic E-state index is -0.438. The summed E-state index contributed by atoms with van der Waals surface area (Å²) in [6.07, 6.45) is 1.03. The van der Waals surface area contributed by atoms with Crippen LogP contribution in [0.3, 0.4) is 0 Å². The van der Waals surface area contributed by atoms with Crippen LogP contribution in [0.5, 0.6) is 5.75 Å². The zero-order valence-corrected chi connectivity index (χ0v) is 21.6. The number of aryl methyl sites for hydroxylation is 1. The van der Waals surface area contributed by atoms with Gasteiger partial charge in [0, 0.05) is 27.1 Å². The van der Waals surface area contributed by atoms with Crippen molar-refractivity contribution in [3.05, 3.63) is 74.9 Å². The van der Waals surface area contributed by atoms with Crippen molar-refractivity contribution in [2.45, 2.75) is 51.9 Å². The Labute approximate surface area is 207 Å². The van der Waals surface area contributed by atoms with Gasteiger partial charge in [0.05, 0.1) is 0 Å². The van der Waals surface area contributed by atoms with Gasteiger partial charge in [-0.1, -0.05) is 58.9 Å². The molecule has 0 spiro atoms. The number of halogens is 1. The van der Waals surface area contributed by atoms with Crippen molar-refractivity contribution in [3.8, 4) is 5.75 Å². The second kappa shape index (κ2) is 10.1. The molecular formula is C25H27BrN4O2S. The molecule has 1 atom stereocenters. The van der Waals surface area contributed by atoms with Gasteiger partial charge in [-0.3, -0.25) is 4.79 Å². The normalized spacial score (nSPS) is 15.2. The first kappa shape index (κ1) is 23.6. The van der Waals surface area contributed by atoms with Gasteiger partial charge < -0.3 is 10.1 Å². The number of aromatic nitrogens is 3. The molecule has 8 heteroatoms. The molecule has 1 N–H and O–H groups in total. The summed E-state index contributed by atoms with van der Waals surface area (Å²) in [5, 5.41) is 8.73. The molecule has 0 aliphatic carbocycles. The third-order valence-electron chi connectivity index (χ3n) is 5.56. The zero-order valence-electron chi connectivity index (χ0n) is 19.2. The number of carbonyl (C=O) groups is 1. The fourth-order valence-electron chi connectivity index (χ4n) is 3.92. The summed E-state index contributed by atoms with van der Waals surface area (Å²) < 4.78 is 9.03. The van der Waals surface area contributed by atoms with E-state index in [9.17, 15) is 4.79 Å². The van der Waals surface area contributed by atoms with Crippen LogP contribution < -0.4 is 10.1 Å². The van der Waals surface area contributed by atoms with E-state index in [0.29, 0.717) is 29.0 Å². The van der Waals surface area contributed by atoms with Crippen molar-refractivity contribution in [2.75, 3.05) is 11.1 Å². The van der Waals surface area contributed by atoms with Crippen molar-refractivity contribution in [1.82, 2.24) is 14.8 Å². The van der Waals surface area contributed by atoms with Gasteiger partial charge in [0.1, 0.15) is 18.4 Å². The molecule has 0 bridgehead atoms. The number of rotatable bonds is 8.